The van der Waals surface area contributed by atoms with Crippen LogP contribution in [0.2, 0.25) is 0 Å². The molecule has 14 heavy (non-hydrogen) atoms. The number of rotatable bonds is 2. The van der Waals surface area contributed by atoms with Crippen molar-refractivity contribution in [2.45, 2.75) is 5.56 Å². The van der Waals surface area contributed by atoms with Gasteiger partial charge in [-0.3, -0.25) is 0 Å². The summed E-state index contributed by atoms with van der Waals surface area (Å²) in [5, 5.41) is 8.24. The zero-order chi connectivity index (χ0) is 10.6. The van der Waals surface area contributed by atoms with E-state index in [0.717, 1.165) is 0 Å². The number of benzene rings is 1. The Morgan fingerprint density at radius 2 is 1.86 bits per heavy atom. The van der Waals surface area contributed by atoms with Crippen molar-refractivity contribution in [2.24, 2.45) is 0 Å². The van der Waals surface area contributed by atoms with Crippen LogP contribution < -0.4 is 0 Å². The van der Waals surface area contributed by atoms with E-state index < -0.39 is 17.5 Å². The van der Waals surface area contributed by atoms with Crippen molar-refractivity contribution < 1.29 is 19.4 Å². The monoisotopic (exact) mass is 214 g/mol. The van der Waals surface area contributed by atoms with Crippen molar-refractivity contribution in [1.29, 1.82) is 0 Å². The molecule has 0 saturated carbocycles. The number of carboxylic acid groups (broad SMARTS) is 1. The molecule has 1 N–H and O–H groups in total. The SMILES string of the molecule is O=C(O)C(=O)OC(Cl)c1ccccc1. The van der Waals surface area contributed by atoms with Crippen LogP contribution in [0.4, 0.5) is 0 Å². The Kier molecular flexibility index (Phi) is 3.48. The van der Waals surface area contributed by atoms with Gasteiger partial charge < -0.3 is 9.84 Å². The molecule has 0 spiro atoms. The average Bonchev–Trinajstić information content (AvgIpc) is 2.19. The summed E-state index contributed by atoms with van der Waals surface area (Å²) in [5.41, 5.74) is -0.538. The highest BCUT2D eigenvalue weighted by molar-refractivity contribution is 6.30. The van der Waals surface area contributed by atoms with Crippen LogP contribution in [-0.2, 0) is 14.3 Å². The maximum atomic E-state index is 10.6. The topological polar surface area (TPSA) is 63.6 Å². The zero-order valence-corrected chi connectivity index (χ0v) is 7.77. The maximum absolute atomic E-state index is 10.6. The minimum atomic E-state index is -1.66. The van der Waals surface area contributed by atoms with Gasteiger partial charge in [0.1, 0.15) is 0 Å². The summed E-state index contributed by atoms with van der Waals surface area (Å²) < 4.78 is 4.42. The van der Waals surface area contributed by atoms with E-state index in [4.69, 9.17) is 16.7 Å². The summed E-state index contributed by atoms with van der Waals surface area (Å²) in [7, 11) is 0. The van der Waals surface area contributed by atoms with E-state index in [2.05, 4.69) is 4.74 Å². The number of hydrogen-bond donors (Lipinski definition) is 1. The Labute approximate surface area is 85.1 Å². The van der Waals surface area contributed by atoms with E-state index in [0.29, 0.717) is 5.56 Å². The molecule has 0 aromatic heterocycles. The molecule has 0 amide bonds. The number of carboxylic acids is 1. The molecule has 74 valence electrons. The molecule has 0 aliphatic rings. The van der Waals surface area contributed by atoms with Gasteiger partial charge in [0.25, 0.3) is 0 Å². The first kappa shape index (κ1) is 10.5. The Balaban J connectivity index is 2.64. The number of carbonyl (C=O) groups is 2. The first-order valence-electron chi connectivity index (χ1n) is 3.74. The molecule has 5 heteroatoms. The number of hydrogen-bond acceptors (Lipinski definition) is 3. The first-order valence-corrected chi connectivity index (χ1v) is 4.18. The molecule has 0 aliphatic carbocycles. The lowest BCUT2D eigenvalue weighted by atomic mass is 10.2. The molecule has 1 rings (SSSR count). The lowest BCUT2D eigenvalue weighted by Gasteiger charge is -2.08. The Morgan fingerprint density at radius 1 is 1.29 bits per heavy atom. The van der Waals surface area contributed by atoms with E-state index in [-0.39, 0.29) is 0 Å². The third-order valence-electron chi connectivity index (χ3n) is 1.45. The van der Waals surface area contributed by atoms with Gasteiger partial charge in [-0.15, -0.1) is 0 Å². The summed E-state index contributed by atoms with van der Waals surface area (Å²) in [4.78, 5) is 20.8. The minimum Gasteiger partial charge on any atom is -0.473 e. The number of esters is 1. The maximum Gasteiger partial charge on any atom is 0.419 e. The van der Waals surface area contributed by atoms with Crippen LogP contribution in [0.15, 0.2) is 30.3 Å². The van der Waals surface area contributed by atoms with E-state index in [1.54, 1.807) is 30.3 Å². The van der Waals surface area contributed by atoms with Gasteiger partial charge in [0.05, 0.1) is 0 Å². The van der Waals surface area contributed by atoms with Crippen LogP contribution >= 0.6 is 11.6 Å². The Bertz CT molecular complexity index is 336. The summed E-state index contributed by atoms with van der Waals surface area (Å²) >= 11 is 5.64. The molecule has 4 nitrogen and oxygen atoms in total. The minimum absolute atomic E-state index is 0.531. The van der Waals surface area contributed by atoms with Crippen LogP contribution in [-0.4, -0.2) is 17.0 Å². The fourth-order valence-electron chi connectivity index (χ4n) is 0.817. The lowest BCUT2D eigenvalue weighted by Crippen LogP contribution is -2.17. The molecule has 0 bridgehead atoms. The smallest absolute Gasteiger partial charge is 0.419 e. The van der Waals surface area contributed by atoms with Gasteiger partial charge in [-0.1, -0.05) is 41.9 Å². The summed E-state index contributed by atoms with van der Waals surface area (Å²) in [6.45, 7) is 0. The third-order valence-corrected chi connectivity index (χ3v) is 1.79. The van der Waals surface area contributed by atoms with Crippen molar-refractivity contribution in [2.75, 3.05) is 0 Å². The summed E-state index contributed by atoms with van der Waals surface area (Å²) in [5.74, 6) is -3.03. The molecule has 0 heterocycles. The van der Waals surface area contributed by atoms with Crippen molar-refractivity contribution in [3.63, 3.8) is 0 Å². The predicted molar refractivity (Wildman–Crippen MR) is 48.8 cm³/mol. The molecule has 0 aliphatic heterocycles. The normalized spacial score (nSPS) is 11.8. The lowest BCUT2D eigenvalue weighted by molar-refractivity contribution is -0.165. The van der Waals surface area contributed by atoms with Gasteiger partial charge in [0.15, 0.2) is 0 Å². The van der Waals surface area contributed by atoms with E-state index in [1.807, 2.05) is 0 Å². The van der Waals surface area contributed by atoms with Crippen LogP contribution in [0.25, 0.3) is 0 Å². The molecular formula is C9H7ClO4. The van der Waals surface area contributed by atoms with Crippen molar-refractivity contribution in [3.05, 3.63) is 35.9 Å². The fraction of sp³-hybridized carbons (Fsp3) is 0.111. The largest absolute Gasteiger partial charge is 0.473 e. The van der Waals surface area contributed by atoms with Crippen molar-refractivity contribution in [1.82, 2.24) is 0 Å². The predicted octanol–water partition coefficient (Wildman–Crippen LogP) is 1.55. The molecule has 1 atom stereocenters. The number of carbonyl (C=O) groups excluding carboxylic acids is 1. The zero-order valence-electron chi connectivity index (χ0n) is 7.01. The van der Waals surface area contributed by atoms with Gasteiger partial charge in [-0.2, -0.15) is 0 Å². The standard InChI is InChI=1S/C9H7ClO4/c10-7(14-9(13)8(11)12)6-4-2-1-3-5-6/h1-5,7H,(H,11,12). The van der Waals surface area contributed by atoms with Crippen LogP contribution in [0.1, 0.15) is 11.1 Å². The fourth-order valence-corrected chi connectivity index (χ4v) is 1.04. The Hall–Kier alpha value is -1.55. The van der Waals surface area contributed by atoms with Gasteiger partial charge in [0.2, 0.25) is 5.56 Å². The molecule has 0 fully saturated rings. The second kappa shape index (κ2) is 4.62. The molecule has 0 radical (unpaired) electrons. The number of alkyl halides is 1. The first-order chi connectivity index (χ1) is 6.61. The van der Waals surface area contributed by atoms with E-state index >= 15 is 0 Å². The second-order valence-electron chi connectivity index (χ2n) is 2.44. The second-order valence-corrected chi connectivity index (χ2v) is 2.83. The van der Waals surface area contributed by atoms with Gasteiger partial charge in [-0.05, 0) is 0 Å². The van der Waals surface area contributed by atoms with Crippen molar-refractivity contribution >= 4 is 23.5 Å². The highest BCUT2D eigenvalue weighted by atomic mass is 35.5. The van der Waals surface area contributed by atoms with E-state index in [1.165, 1.54) is 0 Å². The highest BCUT2D eigenvalue weighted by Crippen LogP contribution is 2.21. The van der Waals surface area contributed by atoms with Crippen molar-refractivity contribution in [3.8, 4) is 0 Å². The summed E-state index contributed by atoms with van der Waals surface area (Å²) in [6, 6.07) is 8.45. The van der Waals surface area contributed by atoms with E-state index in [9.17, 15) is 9.59 Å². The Morgan fingerprint density at radius 3 is 2.36 bits per heavy atom. The van der Waals surface area contributed by atoms with Gasteiger partial charge in [-0.25, -0.2) is 9.59 Å². The number of aliphatic carboxylic acids is 1. The number of halogens is 1. The van der Waals surface area contributed by atoms with Gasteiger partial charge in [0, 0.05) is 5.56 Å². The van der Waals surface area contributed by atoms with Crippen LogP contribution in [0.3, 0.4) is 0 Å². The molecule has 1 aromatic rings. The summed E-state index contributed by atoms with van der Waals surface area (Å²) in [6.07, 6.45) is 0. The number of ether oxygens (including phenoxy) is 1. The highest BCUT2D eigenvalue weighted by Gasteiger charge is 2.18. The molecular weight excluding hydrogens is 208 g/mol. The quantitative estimate of drug-likeness (QED) is 0.461. The van der Waals surface area contributed by atoms with Gasteiger partial charge >= 0.3 is 11.9 Å². The molecule has 1 unspecified atom stereocenters. The molecule has 1 aromatic carbocycles. The third kappa shape index (κ3) is 2.74. The molecule has 0 saturated heterocycles. The van der Waals surface area contributed by atoms with Crippen LogP contribution in [0.5, 0.6) is 0 Å². The average molecular weight is 215 g/mol. The van der Waals surface area contributed by atoms with Crippen LogP contribution in [0, 0.1) is 0 Å².